The van der Waals surface area contributed by atoms with Crippen molar-refractivity contribution in [3.8, 4) is 5.75 Å². The van der Waals surface area contributed by atoms with Crippen LogP contribution in [0.2, 0.25) is 0 Å². The van der Waals surface area contributed by atoms with Crippen LogP contribution < -0.4 is 4.74 Å². The number of carboxylic acids is 1. The first-order valence-electron chi connectivity index (χ1n) is 6.62. The smallest absolute Gasteiger partial charge is 0.307 e. The topological polar surface area (TPSA) is 83.9 Å². The van der Waals surface area contributed by atoms with Crippen LogP contribution in [0.3, 0.4) is 0 Å². The molecular formula is C14H21NO5S. The van der Waals surface area contributed by atoms with Gasteiger partial charge in [0.05, 0.1) is 17.4 Å². The van der Waals surface area contributed by atoms with Crippen molar-refractivity contribution in [1.82, 2.24) is 4.31 Å². The van der Waals surface area contributed by atoms with E-state index in [9.17, 15) is 13.2 Å². The summed E-state index contributed by atoms with van der Waals surface area (Å²) in [5.74, 6) is -1.16. The van der Waals surface area contributed by atoms with Gasteiger partial charge >= 0.3 is 5.97 Å². The van der Waals surface area contributed by atoms with Gasteiger partial charge in [0.25, 0.3) is 0 Å². The number of rotatable bonds is 7. The van der Waals surface area contributed by atoms with Crippen molar-refractivity contribution in [2.75, 3.05) is 20.2 Å². The van der Waals surface area contributed by atoms with E-state index < -0.39 is 21.9 Å². The van der Waals surface area contributed by atoms with Gasteiger partial charge in [-0.2, -0.15) is 0 Å². The Bertz CT molecular complexity index is 612. The molecule has 1 unspecified atom stereocenters. The summed E-state index contributed by atoms with van der Waals surface area (Å²) in [6.45, 7) is 5.51. The SMILES string of the molecule is CCOc1ccc(S(=O)(=O)N(C)CC(C)C(=O)O)cc1C. The molecule has 0 spiro atoms. The lowest BCUT2D eigenvalue weighted by Gasteiger charge is -2.20. The molecule has 0 radical (unpaired) electrons. The number of aryl methyl sites for hydroxylation is 1. The highest BCUT2D eigenvalue weighted by Crippen LogP contribution is 2.24. The van der Waals surface area contributed by atoms with Crippen LogP contribution in [0.4, 0.5) is 0 Å². The van der Waals surface area contributed by atoms with E-state index in [1.54, 1.807) is 13.0 Å². The Morgan fingerprint density at radius 1 is 1.43 bits per heavy atom. The molecular weight excluding hydrogens is 294 g/mol. The summed E-state index contributed by atoms with van der Waals surface area (Å²) in [5, 5.41) is 8.87. The van der Waals surface area contributed by atoms with Gasteiger partial charge in [0, 0.05) is 13.6 Å². The van der Waals surface area contributed by atoms with Gasteiger partial charge in [-0.1, -0.05) is 6.92 Å². The minimum atomic E-state index is -3.71. The van der Waals surface area contributed by atoms with Gasteiger partial charge in [-0.05, 0) is 37.6 Å². The first kappa shape index (κ1) is 17.5. The number of benzene rings is 1. The van der Waals surface area contributed by atoms with E-state index in [2.05, 4.69) is 0 Å². The fourth-order valence-corrected chi connectivity index (χ4v) is 3.19. The van der Waals surface area contributed by atoms with E-state index in [0.29, 0.717) is 12.4 Å². The van der Waals surface area contributed by atoms with Crippen molar-refractivity contribution < 1.29 is 23.1 Å². The van der Waals surface area contributed by atoms with Crippen LogP contribution in [-0.4, -0.2) is 44.0 Å². The van der Waals surface area contributed by atoms with Gasteiger partial charge in [-0.25, -0.2) is 12.7 Å². The highest BCUT2D eigenvalue weighted by molar-refractivity contribution is 7.89. The van der Waals surface area contributed by atoms with Crippen molar-refractivity contribution in [2.45, 2.75) is 25.7 Å². The van der Waals surface area contributed by atoms with Crippen LogP contribution in [0.5, 0.6) is 5.75 Å². The second kappa shape index (κ2) is 6.91. The molecule has 0 fully saturated rings. The first-order chi connectivity index (χ1) is 9.70. The molecule has 0 aliphatic rings. The number of nitrogens with zero attached hydrogens (tertiary/aromatic N) is 1. The van der Waals surface area contributed by atoms with Gasteiger partial charge in [-0.15, -0.1) is 0 Å². The molecule has 21 heavy (non-hydrogen) atoms. The summed E-state index contributed by atoms with van der Waals surface area (Å²) in [7, 11) is -2.33. The third-order valence-electron chi connectivity index (χ3n) is 3.11. The molecule has 1 atom stereocenters. The van der Waals surface area contributed by atoms with Gasteiger partial charge in [0.2, 0.25) is 10.0 Å². The zero-order valence-corrected chi connectivity index (χ0v) is 13.5. The van der Waals surface area contributed by atoms with Gasteiger partial charge < -0.3 is 9.84 Å². The van der Waals surface area contributed by atoms with Crippen molar-refractivity contribution in [3.05, 3.63) is 23.8 Å². The summed E-state index contributed by atoms with van der Waals surface area (Å²) in [5.41, 5.74) is 0.720. The Morgan fingerprint density at radius 2 is 2.05 bits per heavy atom. The number of ether oxygens (including phenoxy) is 1. The van der Waals surface area contributed by atoms with Crippen LogP contribution in [-0.2, 0) is 14.8 Å². The fourth-order valence-electron chi connectivity index (χ4n) is 1.84. The monoisotopic (exact) mass is 315 g/mol. The van der Waals surface area contributed by atoms with Gasteiger partial charge in [0.15, 0.2) is 0 Å². The minimum Gasteiger partial charge on any atom is -0.494 e. The molecule has 1 N–H and O–H groups in total. The predicted molar refractivity (Wildman–Crippen MR) is 79.0 cm³/mol. The predicted octanol–water partition coefficient (Wildman–Crippen LogP) is 1.73. The normalized spacial score (nSPS) is 13.2. The Balaban J connectivity index is 3.02. The molecule has 1 aromatic rings. The molecule has 0 aromatic heterocycles. The van der Waals surface area contributed by atoms with E-state index in [1.807, 2.05) is 6.92 Å². The number of hydrogen-bond donors (Lipinski definition) is 1. The van der Waals surface area contributed by atoms with Crippen molar-refractivity contribution in [1.29, 1.82) is 0 Å². The lowest BCUT2D eigenvalue weighted by molar-refractivity contribution is -0.141. The second-order valence-electron chi connectivity index (χ2n) is 4.89. The second-order valence-corrected chi connectivity index (χ2v) is 6.93. The standard InChI is InChI=1S/C14H21NO5S/c1-5-20-13-7-6-12(8-10(13)2)21(18,19)15(4)9-11(3)14(16)17/h6-8,11H,5,9H2,1-4H3,(H,16,17). The summed E-state index contributed by atoms with van der Waals surface area (Å²) >= 11 is 0. The molecule has 0 bridgehead atoms. The van der Waals surface area contributed by atoms with Crippen LogP contribution in [0.15, 0.2) is 23.1 Å². The zero-order chi connectivity index (χ0) is 16.2. The van der Waals surface area contributed by atoms with Crippen molar-refractivity contribution >= 4 is 16.0 Å². The van der Waals surface area contributed by atoms with Crippen molar-refractivity contribution in [2.24, 2.45) is 5.92 Å². The maximum Gasteiger partial charge on any atom is 0.307 e. The Kier molecular flexibility index (Phi) is 5.74. The minimum absolute atomic E-state index is 0.0794. The van der Waals surface area contributed by atoms with Crippen LogP contribution in [0, 0.1) is 12.8 Å². The van der Waals surface area contributed by atoms with Crippen LogP contribution in [0.1, 0.15) is 19.4 Å². The molecule has 118 valence electrons. The summed E-state index contributed by atoms with van der Waals surface area (Å²) in [6, 6.07) is 4.61. The number of carboxylic acid groups (broad SMARTS) is 1. The Labute approximate surface area is 125 Å². The summed E-state index contributed by atoms with van der Waals surface area (Å²) < 4.78 is 31.2. The molecule has 6 nitrogen and oxygen atoms in total. The Hall–Kier alpha value is -1.60. The van der Waals surface area contributed by atoms with E-state index >= 15 is 0 Å². The first-order valence-corrected chi connectivity index (χ1v) is 8.06. The molecule has 0 aliphatic carbocycles. The average Bonchev–Trinajstić information content (AvgIpc) is 2.40. The highest BCUT2D eigenvalue weighted by Gasteiger charge is 2.25. The molecule has 1 rings (SSSR count). The Morgan fingerprint density at radius 3 is 2.52 bits per heavy atom. The molecule has 1 aromatic carbocycles. The molecule has 0 heterocycles. The maximum absolute atomic E-state index is 12.4. The quantitative estimate of drug-likeness (QED) is 0.828. The maximum atomic E-state index is 12.4. The third-order valence-corrected chi connectivity index (χ3v) is 4.93. The largest absolute Gasteiger partial charge is 0.494 e. The number of hydrogen-bond acceptors (Lipinski definition) is 4. The number of aliphatic carboxylic acids is 1. The number of carbonyl (C=O) groups is 1. The van der Waals surface area contributed by atoms with E-state index in [1.165, 1.54) is 26.1 Å². The third kappa shape index (κ3) is 4.18. The van der Waals surface area contributed by atoms with E-state index in [4.69, 9.17) is 9.84 Å². The van der Waals surface area contributed by atoms with Gasteiger partial charge in [-0.3, -0.25) is 4.79 Å². The molecule has 0 aliphatic heterocycles. The molecule has 0 saturated heterocycles. The summed E-state index contributed by atoms with van der Waals surface area (Å²) in [4.78, 5) is 11.0. The van der Waals surface area contributed by atoms with E-state index in [0.717, 1.165) is 9.87 Å². The van der Waals surface area contributed by atoms with E-state index in [-0.39, 0.29) is 11.4 Å². The molecule has 7 heteroatoms. The lowest BCUT2D eigenvalue weighted by atomic mass is 10.2. The van der Waals surface area contributed by atoms with Gasteiger partial charge in [0.1, 0.15) is 5.75 Å². The molecule has 0 saturated carbocycles. The number of sulfonamides is 1. The van der Waals surface area contributed by atoms with Crippen molar-refractivity contribution in [3.63, 3.8) is 0 Å². The highest BCUT2D eigenvalue weighted by atomic mass is 32.2. The fraction of sp³-hybridized carbons (Fsp3) is 0.500. The summed E-state index contributed by atoms with van der Waals surface area (Å²) in [6.07, 6.45) is 0. The molecule has 0 amide bonds. The average molecular weight is 315 g/mol. The van der Waals surface area contributed by atoms with Crippen LogP contribution in [0.25, 0.3) is 0 Å². The van der Waals surface area contributed by atoms with Crippen LogP contribution >= 0.6 is 0 Å². The lowest BCUT2D eigenvalue weighted by Crippen LogP contribution is -2.33. The zero-order valence-electron chi connectivity index (χ0n) is 12.7.